The molecule has 0 aliphatic rings. The van der Waals surface area contributed by atoms with E-state index in [9.17, 15) is 4.79 Å². The Morgan fingerprint density at radius 2 is 1.72 bits per heavy atom. The summed E-state index contributed by atoms with van der Waals surface area (Å²) >= 11 is 5.84. The van der Waals surface area contributed by atoms with Crippen LogP contribution in [-0.4, -0.2) is 5.10 Å². The van der Waals surface area contributed by atoms with E-state index in [2.05, 4.69) is 5.10 Å². The molecule has 0 saturated heterocycles. The molecule has 0 unspecified atom stereocenters. The van der Waals surface area contributed by atoms with E-state index in [1.165, 1.54) is 0 Å². The number of aromatic amines is 1. The molecule has 0 radical (unpaired) electrons. The quantitative estimate of drug-likeness (QED) is 0.668. The maximum Gasteiger partial charge on any atom is 0.306 e. The maximum absolute atomic E-state index is 11.9. The van der Waals surface area contributed by atoms with Crippen molar-refractivity contribution in [3.63, 3.8) is 0 Å². The molecule has 0 spiro atoms. The molecule has 1 N–H and O–H groups in total. The number of hydrogen-bond donors (Lipinski definition) is 1. The summed E-state index contributed by atoms with van der Waals surface area (Å²) in [6.45, 7) is 0. The second kappa shape index (κ2) is 4.27. The van der Waals surface area contributed by atoms with Gasteiger partial charge in [0.1, 0.15) is 0 Å². The summed E-state index contributed by atoms with van der Waals surface area (Å²) in [7, 11) is 0. The molecule has 0 fully saturated rings. The molecule has 0 aliphatic carbocycles. The first kappa shape index (κ1) is 11.0. The second-order valence-corrected chi connectivity index (χ2v) is 4.44. The van der Waals surface area contributed by atoms with E-state index in [0.717, 1.165) is 11.1 Å². The summed E-state index contributed by atoms with van der Waals surface area (Å²) in [5.74, 6) is 0. The minimum absolute atomic E-state index is 0.108. The van der Waals surface area contributed by atoms with E-state index in [1.807, 2.05) is 36.5 Å². The number of fused-ring (bicyclic) bond motifs is 1. The molecule has 0 amide bonds. The van der Waals surface area contributed by atoms with Gasteiger partial charge in [0.25, 0.3) is 0 Å². The van der Waals surface area contributed by atoms with Crippen molar-refractivity contribution in [2.75, 3.05) is 0 Å². The van der Waals surface area contributed by atoms with Crippen molar-refractivity contribution in [2.45, 2.75) is 0 Å². The van der Waals surface area contributed by atoms with Crippen LogP contribution in [0.15, 0.2) is 59.5 Å². The zero-order valence-corrected chi connectivity index (χ0v) is 10.2. The number of H-pyrrole nitrogens is 1. The summed E-state index contributed by atoms with van der Waals surface area (Å²) in [5.41, 5.74) is 0.755. The molecule has 3 aromatic rings. The van der Waals surface area contributed by atoms with Crippen LogP contribution in [0.1, 0.15) is 0 Å². The van der Waals surface area contributed by atoms with Gasteiger partial charge in [-0.15, -0.1) is 5.10 Å². The number of halogens is 1. The molecule has 4 heteroatoms. The second-order valence-electron chi connectivity index (χ2n) is 4.00. The van der Waals surface area contributed by atoms with Gasteiger partial charge in [-0.1, -0.05) is 28.4 Å². The van der Waals surface area contributed by atoms with Gasteiger partial charge in [0.05, 0.1) is 10.8 Å². The Morgan fingerprint density at radius 1 is 1.00 bits per heavy atom. The van der Waals surface area contributed by atoms with Crippen LogP contribution in [0.3, 0.4) is 0 Å². The molecule has 1 heterocycles. The number of aromatic nitrogens is 2. The van der Waals surface area contributed by atoms with E-state index in [4.69, 9.17) is 11.6 Å². The standard InChI is InChI=1S/C14H9ClN2O/c15-11-5-7-12(8-6-11)17-9-10-3-1-2-4-13(10)14(18)16-17/h1-9H/p+1. The van der Waals surface area contributed by atoms with Crippen LogP contribution in [0.5, 0.6) is 0 Å². The SMILES string of the molecule is O=c1[nH][n+](-c2ccc(Cl)cc2)cc2ccccc12. The fourth-order valence-electron chi connectivity index (χ4n) is 1.90. The lowest BCUT2D eigenvalue weighted by Gasteiger charge is -1.97. The lowest BCUT2D eigenvalue weighted by molar-refractivity contribution is -0.659. The topological polar surface area (TPSA) is 36.7 Å². The Balaban J connectivity index is 2.24. The van der Waals surface area contributed by atoms with Crippen LogP contribution in [0.25, 0.3) is 16.5 Å². The minimum Gasteiger partial charge on any atom is -0.264 e. The third-order valence-electron chi connectivity index (χ3n) is 2.80. The summed E-state index contributed by atoms with van der Waals surface area (Å²) in [6, 6.07) is 14.8. The van der Waals surface area contributed by atoms with Crippen LogP contribution in [-0.2, 0) is 0 Å². The van der Waals surface area contributed by atoms with Crippen molar-refractivity contribution >= 4 is 22.4 Å². The van der Waals surface area contributed by atoms with E-state index in [0.29, 0.717) is 10.4 Å². The normalized spacial score (nSPS) is 10.7. The molecule has 2 aromatic carbocycles. The fraction of sp³-hybridized carbons (Fsp3) is 0. The Kier molecular flexibility index (Phi) is 2.61. The lowest BCUT2D eigenvalue weighted by Crippen LogP contribution is -2.40. The third-order valence-corrected chi connectivity index (χ3v) is 3.05. The first-order chi connectivity index (χ1) is 8.74. The molecule has 0 bridgehead atoms. The monoisotopic (exact) mass is 257 g/mol. The number of hydrogen-bond acceptors (Lipinski definition) is 1. The molecule has 18 heavy (non-hydrogen) atoms. The largest absolute Gasteiger partial charge is 0.306 e. The van der Waals surface area contributed by atoms with Crippen LogP contribution in [0.4, 0.5) is 0 Å². The Hall–Kier alpha value is -2.13. The smallest absolute Gasteiger partial charge is 0.264 e. The van der Waals surface area contributed by atoms with Crippen molar-refractivity contribution in [3.8, 4) is 5.69 Å². The highest BCUT2D eigenvalue weighted by Gasteiger charge is 2.10. The number of nitrogens with one attached hydrogen (secondary N) is 1. The fourth-order valence-corrected chi connectivity index (χ4v) is 2.02. The van der Waals surface area contributed by atoms with Crippen molar-refractivity contribution < 1.29 is 4.68 Å². The number of rotatable bonds is 1. The van der Waals surface area contributed by atoms with Gasteiger partial charge < -0.3 is 0 Å². The van der Waals surface area contributed by atoms with Gasteiger partial charge in [-0.2, -0.15) is 0 Å². The van der Waals surface area contributed by atoms with Crippen LogP contribution in [0.2, 0.25) is 5.02 Å². The van der Waals surface area contributed by atoms with Gasteiger partial charge in [-0.25, -0.2) is 0 Å². The van der Waals surface area contributed by atoms with Crippen molar-refractivity contribution in [1.29, 1.82) is 0 Å². The van der Waals surface area contributed by atoms with E-state index in [1.54, 1.807) is 22.9 Å². The molecule has 88 valence electrons. The van der Waals surface area contributed by atoms with E-state index < -0.39 is 0 Å². The number of benzene rings is 2. The van der Waals surface area contributed by atoms with Crippen LogP contribution < -0.4 is 10.2 Å². The van der Waals surface area contributed by atoms with Gasteiger partial charge in [0.15, 0.2) is 0 Å². The van der Waals surface area contributed by atoms with Crippen molar-refractivity contribution in [3.05, 3.63) is 70.1 Å². The highest BCUT2D eigenvalue weighted by Crippen LogP contribution is 2.10. The Morgan fingerprint density at radius 3 is 2.50 bits per heavy atom. The molecular formula is C14H10ClN2O+. The lowest BCUT2D eigenvalue weighted by atomic mass is 10.2. The first-order valence-corrected chi connectivity index (χ1v) is 5.91. The zero-order chi connectivity index (χ0) is 12.5. The Bertz CT molecular complexity index is 763. The molecule has 1 aromatic heterocycles. The highest BCUT2D eigenvalue weighted by molar-refractivity contribution is 6.30. The summed E-state index contributed by atoms with van der Waals surface area (Å²) in [5, 5.41) is 5.06. The molecule has 3 rings (SSSR count). The molecule has 0 saturated carbocycles. The van der Waals surface area contributed by atoms with Crippen LogP contribution in [0, 0.1) is 0 Å². The molecular weight excluding hydrogens is 248 g/mol. The minimum atomic E-state index is -0.108. The molecule has 0 aliphatic heterocycles. The van der Waals surface area contributed by atoms with E-state index >= 15 is 0 Å². The molecule has 0 atom stereocenters. The van der Waals surface area contributed by atoms with Gasteiger partial charge in [0, 0.05) is 17.2 Å². The third kappa shape index (κ3) is 1.89. The summed E-state index contributed by atoms with van der Waals surface area (Å²) in [4.78, 5) is 11.9. The highest BCUT2D eigenvalue weighted by atomic mass is 35.5. The maximum atomic E-state index is 11.9. The average Bonchev–Trinajstić information content (AvgIpc) is 2.39. The van der Waals surface area contributed by atoms with Gasteiger partial charge >= 0.3 is 5.56 Å². The first-order valence-electron chi connectivity index (χ1n) is 5.54. The average molecular weight is 258 g/mol. The zero-order valence-electron chi connectivity index (χ0n) is 9.43. The van der Waals surface area contributed by atoms with Crippen LogP contribution >= 0.6 is 11.6 Å². The summed E-state index contributed by atoms with van der Waals surface area (Å²) in [6.07, 6.45) is 1.89. The van der Waals surface area contributed by atoms with Gasteiger partial charge in [0.2, 0.25) is 11.9 Å². The molecule has 3 nitrogen and oxygen atoms in total. The van der Waals surface area contributed by atoms with Crippen molar-refractivity contribution in [2.24, 2.45) is 0 Å². The number of nitrogens with zero attached hydrogens (tertiary/aromatic N) is 1. The Labute approximate surface area is 108 Å². The van der Waals surface area contributed by atoms with Gasteiger partial charge in [-0.3, -0.25) is 4.79 Å². The van der Waals surface area contributed by atoms with E-state index in [-0.39, 0.29) is 5.56 Å². The predicted molar refractivity (Wildman–Crippen MR) is 71.1 cm³/mol. The van der Waals surface area contributed by atoms with Crippen molar-refractivity contribution in [1.82, 2.24) is 5.10 Å². The predicted octanol–water partition coefficient (Wildman–Crippen LogP) is 2.46. The van der Waals surface area contributed by atoms with Gasteiger partial charge in [-0.05, 0) is 24.3 Å². The summed E-state index contributed by atoms with van der Waals surface area (Å²) < 4.78 is 1.70.